The minimum atomic E-state index is 0.115. The molecule has 0 aromatic heterocycles. The van der Waals surface area contributed by atoms with Gasteiger partial charge in [-0.1, -0.05) is 46.2 Å². The van der Waals surface area contributed by atoms with Crippen molar-refractivity contribution in [2.45, 2.75) is 52.9 Å². The van der Waals surface area contributed by atoms with Crippen molar-refractivity contribution in [3.05, 3.63) is 29.3 Å². The highest BCUT2D eigenvalue weighted by molar-refractivity contribution is 7.80. The number of benzene rings is 1. The summed E-state index contributed by atoms with van der Waals surface area (Å²) in [5, 5.41) is 0. The van der Waals surface area contributed by atoms with Gasteiger partial charge in [-0.25, -0.2) is 0 Å². The Hall–Kier alpha value is -0.630. The van der Waals surface area contributed by atoms with Crippen molar-refractivity contribution in [2.24, 2.45) is 5.92 Å². The van der Waals surface area contributed by atoms with E-state index in [2.05, 4.69) is 65.4 Å². The van der Waals surface area contributed by atoms with Crippen LogP contribution in [0.5, 0.6) is 5.75 Å². The maximum Gasteiger partial charge on any atom is 0.123 e. The van der Waals surface area contributed by atoms with E-state index in [-0.39, 0.29) is 5.41 Å². The number of hydrogen-bond acceptors (Lipinski definition) is 2. The molecule has 0 saturated heterocycles. The first kappa shape index (κ1) is 16.4. The maximum absolute atomic E-state index is 6.10. The molecular formula is C17H28OS. The Morgan fingerprint density at radius 1 is 1.26 bits per heavy atom. The molecule has 0 aliphatic carbocycles. The molecule has 1 atom stereocenters. The molecule has 1 aromatic carbocycles. The summed E-state index contributed by atoms with van der Waals surface area (Å²) in [6.07, 6.45) is 2.37. The normalized spacial score (nSPS) is 13.4. The Kier molecular flexibility index (Phi) is 6.25. The monoisotopic (exact) mass is 280 g/mol. The third-order valence-electron chi connectivity index (χ3n) is 3.37. The standard InChI is InChI=1S/C17H28OS/c1-6-7-14(12-19)11-18-16-10-13(2)8-9-15(16)17(3,4)5/h8-10,14,19H,6-7,11-12H2,1-5H3. The van der Waals surface area contributed by atoms with E-state index >= 15 is 0 Å². The average Bonchev–Trinajstić information content (AvgIpc) is 2.33. The quantitative estimate of drug-likeness (QED) is 0.720. The number of ether oxygens (including phenoxy) is 1. The van der Waals surface area contributed by atoms with E-state index in [9.17, 15) is 0 Å². The van der Waals surface area contributed by atoms with Gasteiger partial charge in [0, 0.05) is 5.92 Å². The van der Waals surface area contributed by atoms with Gasteiger partial charge in [-0.15, -0.1) is 0 Å². The molecule has 0 amide bonds. The summed E-state index contributed by atoms with van der Waals surface area (Å²) in [5.74, 6) is 2.47. The average molecular weight is 280 g/mol. The summed E-state index contributed by atoms with van der Waals surface area (Å²) in [4.78, 5) is 0. The van der Waals surface area contributed by atoms with Crippen molar-refractivity contribution >= 4 is 12.6 Å². The third-order valence-corrected chi connectivity index (χ3v) is 3.89. The van der Waals surface area contributed by atoms with Crippen LogP contribution >= 0.6 is 12.6 Å². The van der Waals surface area contributed by atoms with Gasteiger partial charge in [-0.2, -0.15) is 12.6 Å². The fourth-order valence-corrected chi connectivity index (χ4v) is 2.50. The van der Waals surface area contributed by atoms with Crippen molar-refractivity contribution < 1.29 is 4.74 Å². The Balaban J connectivity index is 2.84. The topological polar surface area (TPSA) is 9.23 Å². The molecule has 1 unspecified atom stereocenters. The Bertz CT molecular complexity index is 393. The van der Waals surface area contributed by atoms with Crippen molar-refractivity contribution in [1.82, 2.24) is 0 Å². The molecule has 0 heterocycles. The Labute approximate surface area is 124 Å². The van der Waals surface area contributed by atoms with Crippen LogP contribution in [0, 0.1) is 12.8 Å². The lowest BCUT2D eigenvalue weighted by Gasteiger charge is -2.24. The summed E-state index contributed by atoms with van der Waals surface area (Å²) < 4.78 is 6.10. The number of rotatable bonds is 6. The second-order valence-electron chi connectivity index (χ2n) is 6.40. The zero-order chi connectivity index (χ0) is 14.5. The van der Waals surface area contributed by atoms with Gasteiger partial charge < -0.3 is 4.74 Å². The molecule has 0 bridgehead atoms. The first-order valence-corrected chi connectivity index (χ1v) is 7.86. The SMILES string of the molecule is CCCC(CS)COc1cc(C)ccc1C(C)(C)C. The molecule has 0 aliphatic heterocycles. The zero-order valence-corrected chi connectivity index (χ0v) is 13.9. The molecule has 0 radical (unpaired) electrons. The van der Waals surface area contributed by atoms with E-state index in [1.807, 2.05) is 0 Å². The molecule has 0 saturated carbocycles. The molecule has 0 fully saturated rings. The van der Waals surface area contributed by atoms with Gasteiger partial charge in [0.1, 0.15) is 5.75 Å². The second-order valence-corrected chi connectivity index (χ2v) is 6.76. The minimum Gasteiger partial charge on any atom is -0.493 e. The van der Waals surface area contributed by atoms with Crippen LogP contribution in [0.4, 0.5) is 0 Å². The summed E-state index contributed by atoms with van der Waals surface area (Å²) >= 11 is 4.42. The van der Waals surface area contributed by atoms with Gasteiger partial charge in [0.05, 0.1) is 6.61 Å². The highest BCUT2D eigenvalue weighted by Gasteiger charge is 2.19. The molecule has 0 aliphatic rings. The summed E-state index contributed by atoms with van der Waals surface area (Å²) in [6, 6.07) is 6.51. The van der Waals surface area contributed by atoms with E-state index in [1.54, 1.807) is 0 Å². The van der Waals surface area contributed by atoms with Crippen molar-refractivity contribution in [1.29, 1.82) is 0 Å². The molecule has 108 valence electrons. The number of aryl methyl sites for hydroxylation is 1. The van der Waals surface area contributed by atoms with Crippen molar-refractivity contribution in [3.63, 3.8) is 0 Å². The molecule has 19 heavy (non-hydrogen) atoms. The van der Waals surface area contributed by atoms with Crippen LogP contribution in [0.15, 0.2) is 18.2 Å². The molecule has 2 heteroatoms. The van der Waals surface area contributed by atoms with Crippen molar-refractivity contribution in [2.75, 3.05) is 12.4 Å². The molecule has 0 spiro atoms. The van der Waals surface area contributed by atoms with Crippen LogP contribution in [0.25, 0.3) is 0 Å². The summed E-state index contributed by atoms with van der Waals surface area (Å²) in [7, 11) is 0. The first-order chi connectivity index (χ1) is 8.88. The largest absolute Gasteiger partial charge is 0.493 e. The van der Waals surface area contributed by atoms with Gasteiger partial charge in [-0.3, -0.25) is 0 Å². The van der Waals surface area contributed by atoms with Crippen LogP contribution in [0.1, 0.15) is 51.7 Å². The van der Waals surface area contributed by atoms with Crippen LogP contribution in [0.3, 0.4) is 0 Å². The lowest BCUT2D eigenvalue weighted by Crippen LogP contribution is -2.18. The second kappa shape index (κ2) is 7.23. The van der Waals surface area contributed by atoms with Crippen LogP contribution in [0.2, 0.25) is 0 Å². The van der Waals surface area contributed by atoms with E-state index in [4.69, 9.17) is 4.74 Å². The maximum atomic E-state index is 6.10. The third kappa shape index (κ3) is 5.10. The van der Waals surface area contributed by atoms with E-state index in [1.165, 1.54) is 24.0 Å². The molecule has 0 N–H and O–H groups in total. The highest BCUT2D eigenvalue weighted by Crippen LogP contribution is 2.32. The van der Waals surface area contributed by atoms with Crippen LogP contribution < -0.4 is 4.74 Å². The summed E-state index contributed by atoms with van der Waals surface area (Å²) in [5.41, 5.74) is 2.65. The van der Waals surface area contributed by atoms with Gasteiger partial charge in [0.2, 0.25) is 0 Å². The Morgan fingerprint density at radius 2 is 1.95 bits per heavy atom. The number of thiol groups is 1. The fraction of sp³-hybridized carbons (Fsp3) is 0.647. The lowest BCUT2D eigenvalue weighted by molar-refractivity contribution is 0.249. The lowest BCUT2D eigenvalue weighted by atomic mass is 9.86. The predicted molar refractivity (Wildman–Crippen MR) is 87.6 cm³/mol. The fourth-order valence-electron chi connectivity index (χ4n) is 2.21. The molecular weight excluding hydrogens is 252 g/mol. The molecule has 1 aromatic rings. The minimum absolute atomic E-state index is 0.115. The van der Waals surface area contributed by atoms with E-state index in [0.29, 0.717) is 5.92 Å². The van der Waals surface area contributed by atoms with Gasteiger partial charge >= 0.3 is 0 Å². The Morgan fingerprint density at radius 3 is 2.47 bits per heavy atom. The smallest absolute Gasteiger partial charge is 0.123 e. The van der Waals surface area contributed by atoms with Gasteiger partial charge in [-0.05, 0) is 41.7 Å². The zero-order valence-electron chi connectivity index (χ0n) is 13.0. The summed E-state index contributed by atoms with van der Waals surface area (Å²) in [6.45, 7) is 11.8. The van der Waals surface area contributed by atoms with Crippen LogP contribution in [-0.4, -0.2) is 12.4 Å². The van der Waals surface area contributed by atoms with Gasteiger partial charge in [0.25, 0.3) is 0 Å². The molecule has 1 nitrogen and oxygen atoms in total. The number of hydrogen-bond donors (Lipinski definition) is 1. The predicted octanol–water partition coefficient (Wildman–Crippen LogP) is 5.02. The first-order valence-electron chi connectivity index (χ1n) is 7.23. The van der Waals surface area contributed by atoms with Gasteiger partial charge in [0.15, 0.2) is 0 Å². The highest BCUT2D eigenvalue weighted by atomic mass is 32.1. The van der Waals surface area contributed by atoms with E-state index < -0.39 is 0 Å². The van der Waals surface area contributed by atoms with Crippen molar-refractivity contribution in [3.8, 4) is 5.75 Å². The van der Waals surface area contributed by atoms with Crippen LogP contribution in [-0.2, 0) is 5.41 Å². The molecule has 1 rings (SSSR count). The van der Waals surface area contributed by atoms with E-state index in [0.717, 1.165) is 18.1 Å².